The van der Waals surface area contributed by atoms with Crippen LogP contribution in [0.1, 0.15) is 24.2 Å². The molecule has 0 spiro atoms. The van der Waals surface area contributed by atoms with Crippen molar-refractivity contribution in [1.82, 2.24) is 5.32 Å². The molecule has 1 aromatic carbocycles. The molecule has 6 heteroatoms. The van der Waals surface area contributed by atoms with Crippen molar-refractivity contribution < 1.29 is 23.8 Å². The number of halogens is 1. The van der Waals surface area contributed by atoms with Gasteiger partial charge in [-0.15, -0.1) is 0 Å². The van der Waals surface area contributed by atoms with Crippen LogP contribution in [0.4, 0.5) is 4.39 Å². The zero-order valence-corrected chi connectivity index (χ0v) is 10.1. The Kier molecular flexibility index (Phi) is 4.65. The highest BCUT2D eigenvalue weighted by Gasteiger charge is 2.18. The summed E-state index contributed by atoms with van der Waals surface area (Å²) in [7, 11) is 0. The van der Waals surface area contributed by atoms with Crippen molar-refractivity contribution in [1.29, 1.82) is 0 Å². The number of likely N-dealkylation sites (N-methyl/N-ethyl adjacent to an activating group) is 1. The van der Waals surface area contributed by atoms with Crippen molar-refractivity contribution in [2.45, 2.75) is 20.0 Å². The number of benzene rings is 1. The lowest BCUT2D eigenvalue weighted by Crippen LogP contribution is -2.36. The highest BCUT2D eigenvalue weighted by Crippen LogP contribution is 2.21. The molecule has 1 unspecified atom stereocenters. The predicted molar refractivity (Wildman–Crippen MR) is 62.1 cm³/mol. The molecule has 0 saturated carbocycles. The van der Waals surface area contributed by atoms with Gasteiger partial charge in [0.2, 0.25) is 0 Å². The van der Waals surface area contributed by atoms with Gasteiger partial charge in [0.15, 0.2) is 6.10 Å². The summed E-state index contributed by atoms with van der Waals surface area (Å²) in [5, 5.41) is 11.4. The van der Waals surface area contributed by atoms with E-state index in [2.05, 4.69) is 5.32 Å². The fourth-order valence-electron chi connectivity index (χ4n) is 1.33. The monoisotopic (exact) mass is 255 g/mol. The highest BCUT2D eigenvalue weighted by molar-refractivity contribution is 5.91. The Morgan fingerprint density at radius 2 is 2.17 bits per heavy atom. The first-order valence-electron chi connectivity index (χ1n) is 5.43. The summed E-state index contributed by atoms with van der Waals surface area (Å²) in [4.78, 5) is 22.3. The number of aromatic carboxylic acids is 1. The number of carboxylic acids is 1. The Morgan fingerprint density at radius 1 is 1.50 bits per heavy atom. The van der Waals surface area contributed by atoms with E-state index < -0.39 is 17.9 Å². The van der Waals surface area contributed by atoms with Gasteiger partial charge >= 0.3 is 5.97 Å². The van der Waals surface area contributed by atoms with Crippen LogP contribution >= 0.6 is 0 Å². The summed E-state index contributed by atoms with van der Waals surface area (Å²) in [6.45, 7) is 3.69. The molecule has 0 aliphatic heterocycles. The van der Waals surface area contributed by atoms with Gasteiger partial charge in [0.25, 0.3) is 5.91 Å². The van der Waals surface area contributed by atoms with Gasteiger partial charge in [-0.25, -0.2) is 9.18 Å². The number of ether oxygens (including phenoxy) is 1. The number of carbonyl (C=O) groups is 2. The van der Waals surface area contributed by atoms with E-state index in [1.165, 1.54) is 13.0 Å². The molecule has 0 aromatic heterocycles. The summed E-state index contributed by atoms with van der Waals surface area (Å²) in [5.74, 6) is -2.39. The molecule has 0 aliphatic carbocycles. The topological polar surface area (TPSA) is 75.6 Å². The molecule has 0 heterocycles. The van der Waals surface area contributed by atoms with Crippen molar-refractivity contribution in [3.8, 4) is 5.75 Å². The van der Waals surface area contributed by atoms with Crippen molar-refractivity contribution in [3.05, 3.63) is 29.6 Å². The van der Waals surface area contributed by atoms with Crippen LogP contribution in [0.2, 0.25) is 0 Å². The molecule has 1 aromatic rings. The Hall–Kier alpha value is -2.11. The molecule has 5 nitrogen and oxygen atoms in total. The van der Waals surface area contributed by atoms with E-state index in [1.54, 1.807) is 6.92 Å². The molecular formula is C12H14FNO4. The van der Waals surface area contributed by atoms with Crippen molar-refractivity contribution >= 4 is 11.9 Å². The van der Waals surface area contributed by atoms with E-state index in [9.17, 15) is 14.0 Å². The van der Waals surface area contributed by atoms with Gasteiger partial charge in [-0.3, -0.25) is 4.79 Å². The fraction of sp³-hybridized carbons (Fsp3) is 0.333. The van der Waals surface area contributed by atoms with Crippen LogP contribution in [0.25, 0.3) is 0 Å². The van der Waals surface area contributed by atoms with Crippen LogP contribution in [0, 0.1) is 5.82 Å². The summed E-state index contributed by atoms with van der Waals surface area (Å²) in [6, 6.07) is 3.11. The summed E-state index contributed by atoms with van der Waals surface area (Å²) in [5.41, 5.74) is -0.314. The quantitative estimate of drug-likeness (QED) is 0.834. The SMILES string of the molecule is CCNC(=O)C(C)Oc1ccc(F)cc1C(=O)O. The maximum atomic E-state index is 12.9. The van der Waals surface area contributed by atoms with Crippen LogP contribution in [-0.2, 0) is 4.79 Å². The minimum Gasteiger partial charge on any atom is -0.480 e. The molecule has 1 amide bonds. The van der Waals surface area contributed by atoms with Crippen molar-refractivity contribution in [2.75, 3.05) is 6.54 Å². The van der Waals surface area contributed by atoms with Crippen molar-refractivity contribution in [3.63, 3.8) is 0 Å². The highest BCUT2D eigenvalue weighted by atomic mass is 19.1. The Labute approximate surface area is 104 Å². The van der Waals surface area contributed by atoms with Crippen LogP contribution in [0.5, 0.6) is 5.75 Å². The first kappa shape index (κ1) is 14.0. The number of rotatable bonds is 5. The van der Waals surface area contributed by atoms with E-state index in [-0.39, 0.29) is 17.2 Å². The zero-order valence-electron chi connectivity index (χ0n) is 10.1. The van der Waals surface area contributed by atoms with Crippen LogP contribution in [-0.4, -0.2) is 29.6 Å². The van der Waals surface area contributed by atoms with Gasteiger partial charge in [-0.05, 0) is 32.0 Å². The lowest BCUT2D eigenvalue weighted by atomic mass is 10.2. The average molecular weight is 255 g/mol. The van der Waals surface area contributed by atoms with Crippen LogP contribution in [0.15, 0.2) is 18.2 Å². The Bertz CT molecular complexity index is 461. The average Bonchev–Trinajstić information content (AvgIpc) is 2.31. The van der Waals surface area contributed by atoms with E-state index in [1.807, 2.05) is 0 Å². The number of hydrogen-bond acceptors (Lipinski definition) is 3. The molecule has 0 fully saturated rings. The molecule has 0 saturated heterocycles. The number of carbonyl (C=O) groups excluding carboxylic acids is 1. The first-order chi connectivity index (χ1) is 8.45. The molecule has 0 radical (unpaired) electrons. The minimum absolute atomic E-state index is 0.0392. The zero-order chi connectivity index (χ0) is 13.7. The lowest BCUT2D eigenvalue weighted by molar-refractivity contribution is -0.127. The normalized spacial score (nSPS) is 11.7. The molecule has 1 atom stereocenters. The molecule has 98 valence electrons. The van der Waals surface area contributed by atoms with Gasteiger partial charge in [-0.2, -0.15) is 0 Å². The number of amides is 1. The smallest absolute Gasteiger partial charge is 0.339 e. The number of carboxylic acid groups (broad SMARTS) is 1. The van der Waals surface area contributed by atoms with Gasteiger partial charge in [0.05, 0.1) is 0 Å². The van der Waals surface area contributed by atoms with Crippen LogP contribution in [0.3, 0.4) is 0 Å². The van der Waals surface area contributed by atoms with E-state index >= 15 is 0 Å². The molecule has 1 rings (SSSR count). The third-order valence-electron chi connectivity index (χ3n) is 2.20. The second kappa shape index (κ2) is 6.00. The lowest BCUT2D eigenvalue weighted by Gasteiger charge is -2.15. The molecular weight excluding hydrogens is 241 g/mol. The second-order valence-electron chi connectivity index (χ2n) is 3.60. The standard InChI is InChI=1S/C12H14FNO4/c1-3-14-11(15)7(2)18-10-5-4-8(13)6-9(10)12(16)17/h4-7H,3H2,1-2H3,(H,14,15)(H,16,17). The third kappa shape index (κ3) is 3.44. The Morgan fingerprint density at radius 3 is 2.72 bits per heavy atom. The van der Waals surface area contributed by atoms with Gasteiger partial charge < -0.3 is 15.2 Å². The van der Waals surface area contributed by atoms with Gasteiger partial charge in [0, 0.05) is 6.54 Å². The maximum absolute atomic E-state index is 12.9. The third-order valence-corrected chi connectivity index (χ3v) is 2.20. The Balaban J connectivity index is 2.90. The van der Waals surface area contributed by atoms with E-state index in [4.69, 9.17) is 9.84 Å². The number of hydrogen-bond donors (Lipinski definition) is 2. The van der Waals surface area contributed by atoms with Gasteiger partial charge in [0.1, 0.15) is 17.1 Å². The second-order valence-corrected chi connectivity index (χ2v) is 3.60. The van der Waals surface area contributed by atoms with Crippen LogP contribution < -0.4 is 10.1 Å². The molecule has 0 bridgehead atoms. The fourth-order valence-corrected chi connectivity index (χ4v) is 1.33. The van der Waals surface area contributed by atoms with Crippen molar-refractivity contribution in [2.24, 2.45) is 0 Å². The molecule has 2 N–H and O–H groups in total. The van der Waals surface area contributed by atoms with E-state index in [0.29, 0.717) is 6.54 Å². The number of nitrogens with one attached hydrogen (secondary N) is 1. The minimum atomic E-state index is -1.31. The van der Waals surface area contributed by atoms with E-state index in [0.717, 1.165) is 12.1 Å². The summed E-state index contributed by atoms with van der Waals surface area (Å²) < 4.78 is 18.1. The largest absolute Gasteiger partial charge is 0.480 e. The first-order valence-corrected chi connectivity index (χ1v) is 5.43. The molecule has 0 aliphatic rings. The predicted octanol–water partition coefficient (Wildman–Crippen LogP) is 1.43. The summed E-state index contributed by atoms with van der Waals surface area (Å²) in [6.07, 6.45) is -0.853. The van der Waals surface area contributed by atoms with Gasteiger partial charge in [-0.1, -0.05) is 0 Å². The molecule has 18 heavy (non-hydrogen) atoms. The maximum Gasteiger partial charge on any atom is 0.339 e. The summed E-state index contributed by atoms with van der Waals surface area (Å²) >= 11 is 0.